The van der Waals surface area contributed by atoms with Crippen LogP contribution < -0.4 is 20.7 Å². The Kier molecular flexibility index (Phi) is 8.96. The van der Waals surface area contributed by atoms with E-state index in [9.17, 15) is 19.5 Å². The lowest BCUT2D eigenvalue weighted by molar-refractivity contribution is -0.118. The van der Waals surface area contributed by atoms with E-state index in [0.717, 1.165) is 5.56 Å². The Morgan fingerprint density at radius 1 is 0.795 bits per heavy atom. The number of carbonyl (C=O) groups excluding carboxylic acids is 3. The Bertz CT molecular complexity index is 1470. The predicted octanol–water partition coefficient (Wildman–Crippen LogP) is 5.40. The Labute approximate surface area is 234 Å². The van der Waals surface area contributed by atoms with Crippen molar-refractivity contribution in [2.75, 3.05) is 17.7 Å². The molecule has 0 aliphatic rings. The number of benzene rings is 4. The first kappa shape index (κ1) is 27.4. The minimum absolute atomic E-state index is 0.0959. The van der Waals surface area contributed by atoms with Gasteiger partial charge in [0.15, 0.2) is 0 Å². The van der Waals surface area contributed by atoms with Crippen LogP contribution in [0.15, 0.2) is 102 Å². The first-order valence-corrected chi connectivity index (χ1v) is 12.8. The molecule has 0 heterocycles. The zero-order valence-electron chi connectivity index (χ0n) is 21.0. The highest BCUT2D eigenvalue weighted by Crippen LogP contribution is 2.23. The summed E-state index contributed by atoms with van der Waals surface area (Å²) >= 11 is 3.42. The Morgan fingerprint density at radius 2 is 1.44 bits per heavy atom. The topological polar surface area (TPSA) is 117 Å². The average Bonchev–Trinajstić information content (AvgIpc) is 2.95. The largest absolute Gasteiger partial charge is 0.508 e. The predicted molar refractivity (Wildman–Crippen MR) is 153 cm³/mol. The van der Waals surface area contributed by atoms with Crippen LogP contribution in [0.1, 0.15) is 26.3 Å². The number of ether oxygens (including phenoxy) is 1. The number of amides is 3. The van der Waals surface area contributed by atoms with Crippen LogP contribution in [0.5, 0.6) is 11.5 Å². The smallest absolute Gasteiger partial charge is 0.255 e. The fourth-order valence-electron chi connectivity index (χ4n) is 3.82. The van der Waals surface area contributed by atoms with Crippen molar-refractivity contribution in [2.45, 2.75) is 12.5 Å². The normalized spacial score (nSPS) is 11.2. The van der Waals surface area contributed by atoms with Crippen molar-refractivity contribution in [1.82, 2.24) is 5.32 Å². The number of methoxy groups -OCH3 is 1. The van der Waals surface area contributed by atoms with Crippen LogP contribution in [-0.4, -0.2) is 36.0 Å². The summed E-state index contributed by atoms with van der Waals surface area (Å²) < 4.78 is 5.83. The minimum Gasteiger partial charge on any atom is -0.508 e. The SMILES string of the molecule is COc1ccc(C(=O)Nc2ccccc2C(=O)NC(Cc2ccc(O)cc2)C(=O)Nc2ccccc2Br)cc1. The van der Waals surface area contributed by atoms with E-state index in [1.54, 1.807) is 78.9 Å². The van der Waals surface area contributed by atoms with E-state index in [1.807, 2.05) is 6.07 Å². The fourth-order valence-corrected chi connectivity index (χ4v) is 4.21. The van der Waals surface area contributed by atoms with Gasteiger partial charge in [-0.15, -0.1) is 0 Å². The maximum Gasteiger partial charge on any atom is 0.255 e. The van der Waals surface area contributed by atoms with Crippen molar-refractivity contribution in [1.29, 1.82) is 0 Å². The van der Waals surface area contributed by atoms with Crippen molar-refractivity contribution in [2.24, 2.45) is 0 Å². The lowest BCUT2D eigenvalue weighted by Gasteiger charge is -2.20. The van der Waals surface area contributed by atoms with Gasteiger partial charge in [-0.3, -0.25) is 14.4 Å². The molecular weight excluding hydrogens is 562 g/mol. The zero-order valence-corrected chi connectivity index (χ0v) is 22.6. The maximum atomic E-state index is 13.4. The second-order valence-corrected chi connectivity index (χ2v) is 9.45. The molecule has 0 aromatic heterocycles. The lowest BCUT2D eigenvalue weighted by atomic mass is 10.0. The standard InChI is InChI=1S/C30H26BrN3O5/c1-39-22-16-12-20(13-17-22)28(36)32-25-8-4-2-6-23(25)29(37)34-27(18-19-10-14-21(35)15-11-19)30(38)33-26-9-5-3-7-24(26)31/h2-17,27,35H,18H2,1H3,(H,32,36)(H,33,38)(H,34,37). The van der Waals surface area contributed by atoms with Gasteiger partial charge in [-0.25, -0.2) is 0 Å². The van der Waals surface area contributed by atoms with Crippen LogP contribution in [0.4, 0.5) is 11.4 Å². The van der Waals surface area contributed by atoms with Crippen LogP contribution in [0, 0.1) is 0 Å². The monoisotopic (exact) mass is 587 g/mol. The van der Waals surface area contributed by atoms with E-state index in [0.29, 0.717) is 27.2 Å². The van der Waals surface area contributed by atoms with E-state index in [-0.39, 0.29) is 17.7 Å². The summed E-state index contributed by atoms with van der Waals surface area (Å²) in [7, 11) is 1.54. The molecule has 0 aliphatic carbocycles. The van der Waals surface area contributed by atoms with Crippen molar-refractivity contribution >= 4 is 45.0 Å². The number of hydrogen-bond acceptors (Lipinski definition) is 5. The van der Waals surface area contributed by atoms with Crippen LogP contribution in [0.3, 0.4) is 0 Å². The molecule has 8 nitrogen and oxygen atoms in total. The summed E-state index contributed by atoms with van der Waals surface area (Å²) in [5.41, 5.74) is 2.18. The number of nitrogens with one attached hydrogen (secondary N) is 3. The van der Waals surface area contributed by atoms with Crippen LogP contribution >= 0.6 is 15.9 Å². The molecule has 0 aliphatic heterocycles. The number of rotatable bonds is 9. The van der Waals surface area contributed by atoms with Gasteiger partial charge in [-0.1, -0.05) is 36.4 Å². The molecule has 0 saturated carbocycles. The second kappa shape index (κ2) is 12.7. The number of aromatic hydroxyl groups is 1. The van der Waals surface area contributed by atoms with Gasteiger partial charge in [-0.05, 0) is 82.2 Å². The van der Waals surface area contributed by atoms with E-state index >= 15 is 0 Å². The van der Waals surface area contributed by atoms with Gasteiger partial charge < -0.3 is 25.8 Å². The number of anilines is 2. The summed E-state index contributed by atoms with van der Waals surface area (Å²) in [5, 5.41) is 18.1. The van der Waals surface area contributed by atoms with E-state index in [1.165, 1.54) is 19.2 Å². The molecule has 3 amide bonds. The molecular formula is C30H26BrN3O5. The van der Waals surface area contributed by atoms with Crippen molar-refractivity contribution < 1.29 is 24.2 Å². The van der Waals surface area contributed by atoms with Gasteiger partial charge in [0.25, 0.3) is 11.8 Å². The van der Waals surface area contributed by atoms with Gasteiger partial charge in [0.2, 0.25) is 5.91 Å². The molecule has 4 aromatic carbocycles. The maximum absolute atomic E-state index is 13.4. The molecule has 4 N–H and O–H groups in total. The first-order chi connectivity index (χ1) is 18.8. The third-order valence-corrected chi connectivity index (χ3v) is 6.59. The van der Waals surface area contributed by atoms with E-state index in [4.69, 9.17) is 4.74 Å². The third-order valence-electron chi connectivity index (χ3n) is 5.90. The summed E-state index contributed by atoms with van der Waals surface area (Å²) in [4.78, 5) is 39.6. The summed E-state index contributed by atoms with van der Waals surface area (Å²) in [5.74, 6) is -0.648. The average molecular weight is 588 g/mol. The highest BCUT2D eigenvalue weighted by Gasteiger charge is 2.24. The second-order valence-electron chi connectivity index (χ2n) is 8.59. The molecule has 0 radical (unpaired) electrons. The van der Waals surface area contributed by atoms with Crippen LogP contribution in [-0.2, 0) is 11.2 Å². The summed E-state index contributed by atoms with van der Waals surface area (Å²) in [6.07, 6.45) is 0.169. The lowest BCUT2D eigenvalue weighted by Crippen LogP contribution is -2.45. The first-order valence-electron chi connectivity index (χ1n) is 12.0. The molecule has 1 atom stereocenters. The zero-order chi connectivity index (χ0) is 27.8. The molecule has 9 heteroatoms. The number of phenolic OH excluding ortho intramolecular Hbond substituents is 1. The fraction of sp³-hybridized carbons (Fsp3) is 0.100. The van der Waals surface area contributed by atoms with E-state index < -0.39 is 23.8 Å². The van der Waals surface area contributed by atoms with Gasteiger partial charge >= 0.3 is 0 Å². The van der Waals surface area contributed by atoms with Crippen LogP contribution in [0.2, 0.25) is 0 Å². The molecule has 0 fully saturated rings. The number of hydrogen-bond donors (Lipinski definition) is 4. The molecule has 0 bridgehead atoms. The molecule has 0 spiro atoms. The molecule has 0 saturated heterocycles. The molecule has 1 unspecified atom stereocenters. The van der Waals surface area contributed by atoms with Gasteiger partial charge in [0.1, 0.15) is 17.5 Å². The quantitative estimate of drug-likeness (QED) is 0.209. The Balaban J connectivity index is 1.55. The highest BCUT2D eigenvalue weighted by atomic mass is 79.9. The molecule has 4 aromatic rings. The Morgan fingerprint density at radius 3 is 2.10 bits per heavy atom. The molecule has 39 heavy (non-hydrogen) atoms. The highest BCUT2D eigenvalue weighted by molar-refractivity contribution is 9.10. The Hall–Kier alpha value is -4.63. The van der Waals surface area contributed by atoms with Crippen molar-refractivity contribution in [3.05, 3.63) is 118 Å². The van der Waals surface area contributed by atoms with Gasteiger partial charge in [-0.2, -0.15) is 0 Å². The van der Waals surface area contributed by atoms with Crippen molar-refractivity contribution in [3.8, 4) is 11.5 Å². The molecule has 4 rings (SSSR count). The third kappa shape index (κ3) is 7.24. The molecule has 198 valence electrons. The number of halogens is 1. The van der Waals surface area contributed by atoms with Gasteiger partial charge in [0.05, 0.1) is 24.0 Å². The van der Waals surface area contributed by atoms with Crippen molar-refractivity contribution in [3.63, 3.8) is 0 Å². The minimum atomic E-state index is -0.959. The summed E-state index contributed by atoms with van der Waals surface area (Å²) in [6.45, 7) is 0. The van der Waals surface area contributed by atoms with E-state index in [2.05, 4.69) is 31.9 Å². The van der Waals surface area contributed by atoms with Gasteiger partial charge in [0, 0.05) is 16.5 Å². The van der Waals surface area contributed by atoms with Crippen LogP contribution in [0.25, 0.3) is 0 Å². The number of para-hydroxylation sites is 2. The number of phenols is 1. The summed E-state index contributed by atoms with van der Waals surface area (Å²) in [6, 6.07) is 25.7. The number of carbonyl (C=O) groups is 3.